The van der Waals surface area contributed by atoms with Crippen molar-refractivity contribution in [2.24, 2.45) is 5.41 Å². The molecule has 0 N–H and O–H groups in total. The Kier molecular flexibility index (Phi) is 4.27. The standard InChI is InChI=1S/C14H19FO2/c1-14(2,3)8-7-12(16)10-5-6-13(17-4)11(15)9-10/h5-6,9H,7-8H2,1-4H3. The normalized spacial score (nSPS) is 11.4. The van der Waals surface area contributed by atoms with Gasteiger partial charge in [-0.15, -0.1) is 0 Å². The first-order chi connectivity index (χ1) is 7.83. The molecule has 0 aliphatic heterocycles. The van der Waals surface area contributed by atoms with Crippen molar-refractivity contribution in [2.45, 2.75) is 33.6 Å². The van der Waals surface area contributed by atoms with Gasteiger partial charge in [-0.2, -0.15) is 0 Å². The van der Waals surface area contributed by atoms with Gasteiger partial charge in [0.05, 0.1) is 7.11 Å². The number of ketones is 1. The quantitative estimate of drug-likeness (QED) is 0.745. The zero-order valence-electron chi connectivity index (χ0n) is 10.8. The minimum atomic E-state index is -0.492. The Balaban J connectivity index is 2.73. The average Bonchev–Trinajstić information content (AvgIpc) is 2.24. The Morgan fingerprint density at radius 2 is 2.00 bits per heavy atom. The van der Waals surface area contributed by atoms with Gasteiger partial charge in [0.2, 0.25) is 0 Å². The van der Waals surface area contributed by atoms with Crippen molar-refractivity contribution < 1.29 is 13.9 Å². The van der Waals surface area contributed by atoms with Crippen LogP contribution in [0.1, 0.15) is 44.0 Å². The first kappa shape index (κ1) is 13.7. The lowest BCUT2D eigenvalue weighted by Crippen LogP contribution is -2.09. The van der Waals surface area contributed by atoms with Crippen LogP contribution < -0.4 is 4.74 Å². The van der Waals surface area contributed by atoms with Crippen molar-refractivity contribution in [3.8, 4) is 5.75 Å². The molecule has 2 nitrogen and oxygen atoms in total. The van der Waals surface area contributed by atoms with E-state index in [0.29, 0.717) is 12.0 Å². The lowest BCUT2D eigenvalue weighted by molar-refractivity contribution is 0.0965. The molecule has 0 bridgehead atoms. The zero-order chi connectivity index (χ0) is 13.1. The summed E-state index contributed by atoms with van der Waals surface area (Å²) in [6.45, 7) is 6.23. The van der Waals surface area contributed by atoms with Crippen LogP contribution in [0.5, 0.6) is 5.75 Å². The maximum atomic E-state index is 13.4. The van der Waals surface area contributed by atoms with Gasteiger partial charge < -0.3 is 4.74 Å². The molecule has 1 aromatic rings. The SMILES string of the molecule is COc1ccc(C(=O)CCC(C)(C)C)cc1F. The maximum Gasteiger partial charge on any atom is 0.165 e. The van der Waals surface area contributed by atoms with Crippen molar-refractivity contribution in [1.29, 1.82) is 0 Å². The third-order valence-corrected chi connectivity index (χ3v) is 2.58. The number of Topliss-reactive ketones (excluding diaryl/α,β-unsaturated/α-hetero) is 1. The Labute approximate surface area is 102 Å². The van der Waals surface area contributed by atoms with Gasteiger partial charge in [0.15, 0.2) is 17.3 Å². The van der Waals surface area contributed by atoms with Crippen LogP contribution >= 0.6 is 0 Å². The highest BCUT2D eigenvalue weighted by Gasteiger charge is 2.15. The molecule has 0 fully saturated rings. The van der Waals surface area contributed by atoms with Crippen LogP contribution in [0.4, 0.5) is 4.39 Å². The fraction of sp³-hybridized carbons (Fsp3) is 0.500. The van der Waals surface area contributed by atoms with E-state index in [1.807, 2.05) is 0 Å². The zero-order valence-corrected chi connectivity index (χ0v) is 10.8. The van der Waals surface area contributed by atoms with E-state index >= 15 is 0 Å². The second-order valence-corrected chi connectivity index (χ2v) is 5.33. The highest BCUT2D eigenvalue weighted by atomic mass is 19.1. The molecule has 1 aromatic carbocycles. The highest BCUT2D eigenvalue weighted by Crippen LogP contribution is 2.23. The van der Waals surface area contributed by atoms with Crippen LogP contribution in [-0.2, 0) is 0 Å². The van der Waals surface area contributed by atoms with Crippen molar-refractivity contribution in [3.63, 3.8) is 0 Å². The van der Waals surface area contributed by atoms with E-state index in [-0.39, 0.29) is 16.9 Å². The molecule has 17 heavy (non-hydrogen) atoms. The van der Waals surface area contributed by atoms with Crippen LogP contribution in [0.3, 0.4) is 0 Å². The Morgan fingerprint density at radius 3 is 2.47 bits per heavy atom. The number of carbonyl (C=O) groups is 1. The predicted octanol–water partition coefficient (Wildman–Crippen LogP) is 3.84. The molecular formula is C14H19FO2. The second-order valence-electron chi connectivity index (χ2n) is 5.33. The number of carbonyl (C=O) groups excluding carboxylic acids is 1. The van der Waals surface area contributed by atoms with Crippen molar-refractivity contribution in [2.75, 3.05) is 7.11 Å². The van der Waals surface area contributed by atoms with Crippen molar-refractivity contribution >= 4 is 5.78 Å². The molecule has 0 aliphatic carbocycles. The first-order valence-corrected chi connectivity index (χ1v) is 5.70. The molecule has 0 unspecified atom stereocenters. The smallest absolute Gasteiger partial charge is 0.165 e. The molecule has 1 rings (SSSR count). The van der Waals surface area contributed by atoms with Crippen LogP contribution in [0.25, 0.3) is 0 Å². The summed E-state index contributed by atoms with van der Waals surface area (Å²) >= 11 is 0. The molecule has 0 atom stereocenters. The minimum Gasteiger partial charge on any atom is -0.494 e. The summed E-state index contributed by atoms with van der Waals surface area (Å²) in [6.07, 6.45) is 1.23. The Hall–Kier alpha value is -1.38. The summed E-state index contributed by atoms with van der Waals surface area (Å²) in [5.74, 6) is -0.354. The van der Waals surface area contributed by atoms with Gasteiger partial charge in [0.1, 0.15) is 0 Å². The number of benzene rings is 1. The van der Waals surface area contributed by atoms with Gasteiger partial charge >= 0.3 is 0 Å². The monoisotopic (exact) mass is 238 g/mol. The summed E-state index contributed by atoms with van der Waals surface area (Å²) < 4.78 is 18.2. The molecule has 0 amide bonds. The summed E-state index contributed by atoms with van der Waals surface area (Å²) in [5.41, 5.74) is 0.522. The molecule has 3 heteroatoms. The Bertz CT molecular complexity index is 405. The first-order valence-electron chi connectivity index (χ1n) is 5.70. The van der Waals surface area contributed by atoms with E-state index in [1.54, 1.807) is 6.07 Å². The van der Waals surface area contributed by atoms with Crippen molar-refractivity contribution in [1.82, 2.24) is 0 Å². The molecule has 0 saturated carbocycles. The van der Waals surface area contributed by atoms with E-state index in [2.05, 4.69) is 20.8 Å². The van der Waals surface area contributed by atoms with Crippen LogP contribution in [0.2, 0.25) is 0 Å². The summed E-state index contributed by atoms with van der Waals surface area (Å²) in [4.78, 5) is 11.8. The lowest BCUT2D eigenvalue weighted by Gasteiger charge is -2.17. The van der Waals surface area contributed by atoms with Gasteiger partial charge in [-0.05, 0) is 30.0 Å². The van der Waals surface area contributed by atoms with Gasteiger partial charge in [-0.1, -0.05) is 20.8 Å². The summed E-state index contributed by atoms with van der Waals surface area (Å²) in [5, 5.41) is 0. The van der Waals surface area contributed by atoms with E-state index in [0.717, 1.165) is 6.42 Å². The van der Waals surface area contributed by atoms with Crippen molar-refractivity contribution in [3.05, 3.63) is 29.6 Å². The fourth-order valence-electron chi connectivity index (χ4n) is 1.47. The summed E-state index contributed by atoms with van der Waals surface area (Å²) in [7, 11) is 1.40. The number of hydrogen-bond donors (Lipinski definition) is 0. The van der Waals surface area contributed by atoms with Crippen LogP contribution in [0, 0.1) is 11.2 Å². The number of methoxy groups -OCH3 is 1. The molecule has 0 aliphatic rings. The van der Waals surface area contributed by atoms with Crippen LogP contribution in [-0.4, -0.2) is 12.9 Å². The average molecular weight is 238 g/mol. The molecular weight excluding hydrogens is 219 g/mol. The molecule has 0 saturated heterocycles. The van der Waals surface area contributed by atoms with Gasteiger partial charge in [-0.3, -0.25) is 4.79 Å². The minimum absolute atomic E-state index is 0.0264. The molecule has 0 aromatic heterocycles. The highest BCUT2D eigenvalue weighted by molar-refractivity contribution is 5.96. The van der Waals surface area contributed by atoms with E-state index < -0.39 is 5.82 Å². The third kappa shape index (κ3) is 4.17. The number of ether oxygens (including phenoxy) is 1. The van der Waals surface area contributed by atoms with Gasteiger partial charge in [0, 0.05) is 12.0 Å². The maximum absolute atomic E-state index is 13.4. The molecule has 0 spiro atoms. The molecule has 94 valence electrons. The van der Waals surface area contributed by atoms with E-state index in [9.17, 15) is 9.18 Å². The number of rotatable bonds is 4. The van der Waals surface area contributed by atoms with E-state index in [4.69, 9.17) is 4.74 Å². The second kappa shape index (κ2) is 5.30. The summed E-state index contributed by atoms with van der Waals surface area (Å²) in [6, 6.07) is 4.33. The Morgan fingerprint density at radius 1 is 1.35 bits per heavy atom. The van der Waals surface area contributed by atoms with Crippen LogP contribution in [0.15, 0.2) is 18.2 Å². The molecule has 0 heterocycles. The molecule has 0 radical (unpaired) electrons. The lowest BCUT2D eigenvalue weighted by atomic mass is 9.88. The number of hydrogen-bond acceptors (Lipinski definition) is 2. The van der Waals surface area contributed by atoms with Gasteiger partial charge in [0.25, 0.3) is 0 Å². The number of halogens is 1. The predicted molar refractivity (Wildman–Crippen MR) is 66.0 cm³/mol. The largest absolute Gasteiger partial charge is 0.494 e. The fourth-order valence-corrected chi connectivity index (χ4v) is 1.47. The van der Waals surface area contributed by atoms with E-state index in [1.165, 1.54) is 19.2 Å². The third-order valence-electron chi connectivity index (χ3n) is 2.58. The topological polar surface area (TPSA) is 26.3 Å². The van der Waals surface area contributed by atoms with Gasteiger partial charge in [-0.25, -0.2) is 4.39 Å².